The molecule has 1 aliphatic heterocycles. The Labute approximate surface area is 101 Å². The lowest BCUT2D eigenvalue weighted by Gasteiger charge is -2.37. The molecule has 3 N–H and O–H groups in total. The molecule has 1 unspecified atom stereocenters. The molecule has 1 atom stereocenters. The molecule has 1 aromatic rings. The zero-order valence-electron chi connectivity index (χ0n) is 9.35. The molecule has 2 rings (SSSR count). The fraction of sp³-hybridized carbons (Fsp3) is 0.364. The van der Waals surface area contributed by atoms with Gasteiger partial charge in [0.15, 0.2) is 0 Å². The van der Waals surface area contributed by atoms with E-state index in [1.165, 1.54) is 0 Å². The minimum Gasteiger partial charge on any atom is -0.408 e. The average molecular weight is 259 g/mol. The van der Waals surface area contributed by atoms with Crippen molar-refractivity contribution in [2.75, 3.05) is 0 Å². The minimum atomic E-state index is -4.43. The molecule has 0 aromatic heterocycles. The van der Waals surface area contributed by atoms with Gasteiger partial charge in [-0.1, -0.05) is 29.4 Å². The van der Waals surface area contributed by atoms with Gasteiger partial charge in [0.1, 0.15) is 6.04 Å². The van der Waals surface area contributed by atoms with Crippen LogP contribution in [-0.4, -0.2) is 28.3 Å². The summed E-state index contributed by atoms with van der Waals surface area (Å²) in [5.41, 5.74) is 6.71. The summed E-state index contributed by atoms with van der Waals surface area (Å²) in [6.07, 6.45) is -4.63. The lowest BCUT2D eigenvalue weighted by atomic mass is 9.94. The van der Waals surface area contributed by atoms with Gasteiger partial charge in [-0.25, -0.2) is 0 Å². The second kappa shape index (κ2) is 4.40. The van der Waals surface area contributed by atoms with Gasteiger partial charge in [-0.05, 0) is 11.1 Å². The number of benzene rings is 1. The summed E-state index contributed by atoms with van der Waals surface area (Å²) in [6.45, 7) is -0.0176. The molecule has 0 radical (unpaired) electrons. The summed E-state index contributed by atoms with van der Waals surface area (Å²) >= 11 is 0. The first-order valence-electron chi connectivity index (χ1n) is 5.31. The van der Waals surface area contributed by atoms with Gasteiger partial charge in [0.05, 0.1) is 0 Å². The molecule has 0 saturated heterocycles. The highest BCUT2D eigenvalue weighted by Gasteiger charge is 2.46. The molecule has 1 heterocycles. The molecule has 18 heavy (non-hydrogen) atoms. The maximum atomic E-state index is 12.9. The maximum Gasteiger partial charge on any atom is 0.409 e. The Kier molecular flexibility index (Phi) is 3.06. The van der Waals surface area contributed by atoms with Crippen LogP contribution < -0.4 is 5.73 Å². The second-order valence-corrected chi connectivity index (χ2v) is 4.12. The molecule has 98 valence electrons. The Morgan fingerprint density at radius 1 is 1.33 bits per heavy atom. The number of nitrogens with zero attached hydrogens (tertiary/aromatic N) is 2. The molecular weight excluding hydrogens is 247 g/mol. The number of nitrogens with two attached hydrogens (primary N) is 1. The topological polar surface area (TPSA) is 61.9 Å². The van der Waals surface area contributed by atoms with E-state index in [-0.39, 0.29) is 13.0 Å². The predicted octanol–water partition coefficient (Wildman–Crippen LogP) is 1.68. The number of rotatable bonds is 0. The Balaban J connectivity index is 2.40. The number of alkyl halides is 3. The van der Waals surface area contributed by atoms with Crippen molar-refractivity contribution in [1.82, 2.24) is 4.90 Å². The number of fused-ring (bicyclic) bond motifs is 1. The maximum absolute atomic E-state index is 12.9. The summed E-state index contributed by atoms with van der Waals surface area (Å²) in [4.78, 5) is 0.863. The average Bonchev–Trinajstić information content (AvgIpc) is 2.35. The molecule has 0 saturated carbocycles. The van der Waals surface area contributed by atoms with E-state index in [0.717, 1.165) is 10.5 Å². The molecule has 0 spiro atoms. The van der Waals surface area contributed by atoms with Gasteiger partial charge in [-0.3, -0.25) is 0 Å². The number of oxime groups is 1. The summed E-state index contributed by atoms with van der Waals surface area (Å²) < 4.78 is 38.8. The molecule has 0 fully saturated rings. The van der Waals surface area contributed by atoms with E-state index in [2.05, 4.69) is 5.16 Å². The van der Waals surface area contributed by atoms with Gasteiger partial charge in [0, 0.05) is 13.0 Å². The summed E-state index contributed by atoms with van der Waals surface area (Å²) in [6, 6.07) is 5.09. The Bertz CT molecular complexity index is 473. The molecular formula is C11H12F3N3O. The highest BCUT2D eigenvalue weighted by atomic mass is 19.4. The number of halogens is 3. The first-order chi connectivity index (χ1) is 8.43. The number of hydrogen-bond donors (Lipinski definition) is 2. The highest BCUT2D eigenvalue weighted by Crippen LogP contribution is 2.33. The largest absolute Gasteiger partial charge is 0.409 e. The SMILES string of the molecule is NC(=NO)N1Cc2ccccc2CC1C(F)(F)F. The van der Waals surface area contributed by atoms with Crippen LogP contribution in [0.1, 0.15) is 11.1 Å². The van der Waals surface area contributed by atoms with E-state index in [9.17, 15) is 13.2 Å². The van der Waals surface area contributed by atoms with Crippen LogP contribution in [0.15, 0.2) is 29.4 Å². The van der Waals surface area contributed by atoms with E-state index >= 15 is 0 Å². The van der Waals surface area contributed by atoms with E-state index in [4.69, 9.17) is 10.9 Å². The minimum absolute atomic E-state index is 0.0176. The van der Waals surface area contributed by atoms with Gasteiger partial charge in [-0.2, -0.15) is 13.2 Å². The van der Waals surface area contributed by atoms with E-state index < -0.39 is 18.2 Å². The van der Waals surface area contributed by atoms with Gasteiger partial charge < -0.3 is 15.8 Å². The summed E-state index contributed by atoms with van der Waals surface area (Å²) in [5.74, 6) is -0.521. The first kappa shape index (κ1) is 12.5. The molecule has 4 nitrogen and oxygen atoms in total. The molecule has 1 aliphatic rings. The molecule has 7 heteroatoms. The normalized spacial score (nSPS) is 20.7. The fourth-order valence-corrected chi connectivity index (χ4v) is 2.11. The van der Waals surface area contributed by atoms with Crippen molar-refractivity contribution >= 4 is 5.96 Å². The molecule has 1 aromatic carbocycles. The third-order valence-electron chi connectivity index (χ3n) is 3.02. The van der Waals surface area contributed by atoms with Crippen molar-refractivity contribution in [3.63, 3.8) is 0 Å². The van der Waals surface area contributed by atoms with Gasteiger partial charge in [0.2, 0.25) is 5.96 Å². The van der Waals surface area contributed by atoms with Crippen LogP contribution in [0.5, 0.6) is 0 Å². The summed E-state index contributed by atoms with van der Waals surface area (Å²) in [5, 5.41) is 11.2. The van der Waals surface area contributed by atoms with Crippen molar-refractivity contribution in [1.29, 1.82) is 0 Å². The molecule has 0 bridgehead atoms. The van der Waals surface area contributed by atoms with Crippen LogP contribution in [-0.2, 0) is 13.0 Å². The van der Waals surface area contributed by atoms with Crippen molar-refractivity contribution < 1.29 is 18.4 Å². The standard InChI is InChI=1S/C11H12F3N3O/c12-11(13,14)9-5-7-3-1-2-4-8(7)6-17(9)10(15)16-18/h1-4,9,18H,5-6H2,(H2,15,16). The molecule has 0 amide bonds. The fourth-order valence-electron chi connectivity index (χ4n) is 2.11. The first-order valence-corrected chi connectivity index (χ1v) is 5.31. The van der Waals surface area contributed by atoms with Crippen LogP contribution in [0.3, 0.4) is 0 Å². The zero-order valence-corrected chi connectivity index (χ0v) is 9.35. The van der Waals surface area contributed by atoms with Crippen LogP contribution in [0.25, 0.3) is 0 Å². The second-order valence-electron chi connectivity index (χ2n) is 4.12. The third kappa shape index (κ3) is 2.20. The van der Waals surface area contributed by atoms with Crippen LogP contribution in [0, 0.1) is 0 Å². The Hall–Kier alpha value is -1.92. The van der Waals surface area contributed by atoms with Gasteiger partial charge >= 0.3 is 6.18 Å². The van der Waals surface area contributed by atoms with E-state index in [1.54, 1.807) is 24.3 Å². The highest BCUT2D eigenvalue weighted by molar-refractivity contribution is 5.78. The van der Waals surface area contributed by atoms with Crippen molar-refractivity contribution in [2.45, 2.75) is 25.2 Å². The Morgan fingerprint density at radius 3 is 2.50 bits per heavy atom. The van der Waals surface area contributed by atoms with E-state index in [1.807, 2.05) is 0 Å². The van der Waals surface area contributed by atoms with Crippen molar-refractivity contribution in [3.8, 4) is 0 Å². The quantitative estimate of drug-likeness (QED) is 0.322. The van der Waals surface area contributed by atoms with Crippen LogP contribution in [0.4, 0.5) is 13.2 Å². The monoisotopic (exact) mass is 259 g/mol. The molecule has 0 aliphatic carbocycles. The van der Waals surface area contributed by atoms with Gasteiger partial charge in [0.25, 0.3) is 0 Å². The number of hydrogen-bond acceptors (Lipinski definition) is 2. The smallest absolute Gasteiger partial charge is 0.408 e. The van der Waals surface area contributed by atoms with E-state index in [0.29, 0.717) is 5.56 Å². The van der Waals surface area contributed by atoms with Crippen molar-refractivity contribution in [2.24, 2.45) is 10.9 Å². The summed E-state index contributed by atoms with van der Waals surface area (Å²) in [7, 11) is 0. The zero-order chi connectivity index (χ0) is 13.3. The van der Waals surface area contributed by atoms with Crippen LogP contribution >= 0.6 is 0 Å². The van der Waals surface area contributed by atoms with Gasteiger partial charge in [-0.15, -0.1) is 0 Å². The van der Waals surface area contributed by atoms with Crippen molar-refractivity contribution in [3.05, 3.63) is 35.4 Å². The number of guanidine groups is 1. The van der Waals surface area contributed by atoms with Crippen LogP contribution in [0.2, 0.25) is 0 Å². The third-order valence-corrected chi connectivity index (χ3v) is 3.02. The Morgan fingerprint density at radius 2 is 1.94 bits per heavy atom. The lowest BCUT2D eigenvalue weighted by Crippen LogP contribution is -2.54. The lowest BCUT2D eigenvalue weighted by molar-refractivity contribution is -0.176. The predicted molar refractivity (Wildman–Crippen MR) is 58.9 cm³/mol.